The summed E-state index contributed by atoms with van der Waals surface area (Å²) in [6.07, 6.45) is 2.21. The second-order valence-electron chi connectivity index (χ2n) is 15.9. The molecule has 0 bridgehead atoms. The first-order chi connectivity index (χ1) is 27.3. The zero-order chi connectivity index (χ0) is 42.6. The predicted octanol–water partition coefficient (Wildman–Crippen LogP) is 1.17. The van der Waals surface area contributed by atoms with Crippen LogP contribution in [0.25, 0.3) is 0 Å². The molecule has 1 aromatic rings. The highest BCUT2D eigenvalue weighted by Gasteiger charge is 2.47. The van der Waals surface area contributed by atoms with Gasteiger partial charge >= 0.3 is 12.0 Å². The van der Waals surface area contributed by atoms with Gasteiger partial charge in [0, 0.05) is 38.3 Å². The number of cyclic esters (lactones) is 1. The van der Waals surface area contributed by atoms with Gasteiger partial charge in [0.15, 0.2) is 0 Å². The number of esters is 1. The number of halogens is 2. The SMILES string of the molecule is CC1=CC=C(NC(=O)N[C@@H](Cc2cc(F)cc(F)c2)C(=O)N[C@@H]2C(=O)N3CCCC3C(=O)N(C)[C@@H](C(C)O)C(=O)N[C@@H](C)C(=O)N3C[C@H](C)CC3C(=O)O[C@H]2C)CC1. The minimum Gasteiger partial charge on any atom is -0.458 e. The van der Waals surface area contributed by atoms with E-state index in [1.165, 1.54) is 37.6 Å². The van der Waals surface area contributed by atoms with E-state index in [2.05, 4.69) is 21.3 Å². The molecule has 0 radical (unpaired) electrons. The number of nitrogens with zero attached hydrogens (tertiary/aromatic N) is 3. The van der Waals surface area contributed by atoms with Crippen LogP contribution in [0.2, 0.25) is 0 Å². The van der Waals surface area contributed by atoms with Gasteiger partial charge in [0.05, 0.1) is 6.10 Å². The minimum absolute atomic E-state index is 0.0106. The van der Waals surface area contributed by atoms with Crippen molar-refractivity contribution in [1.29, 1.82) is 0 Å². The van der Waals surface area contributed by atoms with E-state index >= 15 is 0 Å². The van der Waals surface area contributed by atoms with Crippen molar-refractivity contribution in [2.75, 3.05) is 20.1 Å². The van der Waals surface area contributed by atoms with E-state index in [1.54, 1.807) is 6.08 Å². The topological polar surface area (TPSA) is 207 Å². The average molecular weight is 814 g/mol. The van der Waals surface area contributed by atoms with Crippen LogP contribution in [0.5, 0.6) is 0 Å². The highest BCUT2D eigenvalue weighted by Crippen LogP contribution is 2.27. The zero-order valence-corrected chi connectivity index (χ0v) is 33.6. The fourth-order valence-electron chi connectivity index (χ4n) is 8.00. The summed E-state index contributed by atoms with van der Waals surface area (Å²) in [5.74, 6) is -6.84. The maximum absolute atomic E-state index is 14.6. The lowest BCUT2D eigenvalue weighted by molar-refractivity contribution is -0.163. The number of urea groups is 1. The molecule has 3 fully saturated rings. The molecule has 4 aliphatic rings. The molecule has 0 spiro atoms. The molecule has 0 saturated carbocycles. The van der Waals surface area contributed by atoms with E-state index in [4.69, 9.17) is 4.74 Å². The lowest BCUT2D eigenvalue weighted by Crippen LogP contribution is -2.63. The van der Waals surface area contributed by atoms with Crippen molar-refractivity contribution in [2.24, 2.45) is 5.92 Å². The fraction of sp³-hybridized carbons (Fsp3) is 0.575. The third-order valence-corrected chi connectivity index (χ3v) is 11.1. The summed E-state index contributed by atoms with van der Waals surface area (Å²) < 4.78 is 34.5. The Hall–Kier alpha value is -5.39. The number of ether oxygens (including phenoxy) is 1. The van der Waals surface area contributed by atoms with Crippen LogP contribution in [0.15, 0.2) is 41.6 Å². The lowest BCUT2D eigenvalue weighted by Gasteiger charge is -2.37. The third kappa shape index (κ3) is 10.2. The Labute approximate surface area is 335 Å². The zero-order valence-electron chi connectivity index (χ0n) is 33.6. The number of hydrogen-bond acceptors (Lipinski definition) is 9. The number of amides is 7. The van der Waals surface area contributed by atoms with Crippen molar-refractivity contribution >= 4 is 41.5 Å². The number of carbonyl (C=O) groups is 7. The number of nitrogens with one attached hydrogen (secondary N) is 4. The maximum Gasteiger partial charge on any atom is 0.329 e. The van der Waals surface area contributed by atoms with Crippen molar-refractivity contribution in [1.82, 2.24) is 36.0 Å². The lowest BCUT2D eigenvalue weighted by atomic mass is 10.0. The monoisotopic (exact) mass is 813 g/mol. The normalized spacial score (nSPS) is 28.4. The number of fused-ring (bicyclic) bond motifs is 2. The van der Waals surface area contributed by atoms with Crippen molar-refractivity contribution in [2.45, 2.75) is 122 Å². The van der Waals surface area contributed by atoms with Gasteiger partial charge in [0.1, 0.15) is 54.0 Å². The number of hydrogen-bond donors (Lipinski definition) is 5. The van der Waals surface area contributed by atoms with Crippen molar-refractivity contribution in [3.05, 3.63) is 58.8 Å². The average Bonchev–Trinajstić information content (AvgIpc) is 3.80. The van der Waals surface area contributed by atoms with E-state index in [0.717, 1.165) is 22.6 Å². The Morgan fingerprint density at radius 2 is 1.66 bits per heavy atom. The number of aliphatic hydroxyl groups is 1. The first-order valence-corrected chi connectivity index (χ1v) is 19.6. The summed E-state index contributed by atoms with van der Waals surface area (Å²) in [6, 6.07) is -6.27. The minimum atomic E-state index is -1.67. The molecular formula is C40H53F2N7O9. The van der Waals surface area contributed by atoms with Gasteiger partial charge < -0.3 is 45.8 Å². The largest absolute Gasteiger partial charge is 0.458 e. The van der Waals surface area contributed by atoms with Crippen LogP contribution in [0.3, 0.4) is 0 Å². The molecule has 58 heavy (non-hydrogen) atoms. The molecule has 16 nitrogen and oxygen atoms in total. The van der Waals surface area contributed by atoms with Crippen molar-refractivity contribution < 1.29 is 52.2 Å². The molecule has 3 heterocycles. The number of rotatable bonds is 7. The Kier molecular flexibility index (Phi) is 13.9. The molecule has 18 heteroatoms. The summed E-state index contributed by atoms with van der Waals surface area (Å²) in [7, 11) is 1.30. The first kappa shape index (κ1) is 43.7. The first-order valence-electron chi connectivity index (χ1n) is 19.6. The summed E-state index contributed by atoms with van der Waals surface area (Å²) in [6.45, 7) is 8.04. The molecule has 5 N–H and O–H groups in total. The fourth-order valence-corrected chi connectivity index (χ4v) is 8.00. The Bertz CT molecular complexity index is 1850. The second-order valence-corrected chi connectivity index (χ2v) is 15.9. The highest BCUT2D eigenvalue weighted by molar-refractivity contribution is 5.98. The molecule has 0 aromatic heterocycles. The van der Waals surface area contributed by atoms with Gasteiger partial charge in [-0.15, -0.1) is 0 Å². The Morgan fingerprint density at radius 1 is 0.966 bits per heavy atom. The summed E-state index contributed by atoms with van der Waals surface area (Å²) >= 11 is 0. The van der Waals surface area contributed by atoms with E-state index in [9.17, 15) is 47.4 Å². The van der Waals surface area contributed by atoms with Crippen LogP contribution >= 0.6 is 0 Å². The quantitative estimate of drug-likeness (QED) is 0.250. The van der Waals surface area contributed by atoms with Crippen LogP contribution in [-0.4, -0.2) is 130 Å². The van der Waals surface area contributed by atoms with Gasteiger partial charge in [-0.2, -0.15) is 0 Å². The second kappa shape index (κ2) is 18.5. The Balaban J connectivity index is 1.51. The van der Waals surface area contributed by atoms with Gasteiger partial charge in [-0.3, -0.25) is 24.0 Å². The summed E-state index contributed by atoms with van der Waals surface area (Å²) in [5.41, 5.74) is 1.67. The molecule has 1 aromatic carbocycles. The van der Waals surface area contributed by atoms with Gasteiger partial charge in [0.2, 0.25) is 29.5 Å². The van der Waals surface area contributed by atoms with E-state index < -0.39 is 108 Å². The van der Waals surface area contributed by atoms with Crippen molar-refractivity contribution in [3.8, 4) is 0 Å². The summed E-state index contributed by atoms with van der Waals surface area (Å²) in [4.78, 5) is 101. The van der Waals surface area contributed by atoms with Crippen molar-refractivity contribution in [3.63, 3.8) is 0 Å². The maximum atomic E-state index is 14.6. The van der Waals surface area contributed by atoms with Gasteiger partial charge in [-0.1, -0.05) is 18.6 Å². The number of carbonyl (C=O) groups excluding carboxylic acids is 7. The summed E-state index contributed by atoms with van der Waals surface area (Å²) in [5, 5.41) is 21.1. The molecule has 3 aliphatic heterocycles. The van der Waals surface area contributed by atoms with E-state index in [1.807, 2.05) is 19.9 Å². The van der Waals surface area contributed by atoms with E-state index in [-0.39, 0.29) is 37.4 Å². The number of likely N-dealkylation sites (N-methyl/N-ethyl adjacent to an activating group) is 1. The Morgan fingerprint density at radius 3 is 2.29 bits per heavy atom. The molecule has 3 unspecified atom stereocenters. The van der Waals surface area contributed by atoms with Gasteiger partial charge in [-0.05, 0) is 89.5 Å². The standard InChI is InChI=1S/C40H53F2N7O9/c1-20-9-11-28(12-10-20)44-40(57)45-29(17-25-15-26(41)18-27(42)16-25)34(51)46-32-24(5)58-39(56)31-14-21(2)19-49(31)36(53)22(3)43-35(52)33(23(4)50)47(6)37(54)30-8-7-13-48(30)38(32)55/h9,11,15-16,18,21-24,29-33,50H,7-8,10,12-14,17,19H2,1-6H3,(H,43,52)(H,46,51)(H2,44,45,57)/t21-,22+,23?,24+,29+,30?,31?,32+,33+/m1/s1. The van der Waals surface area contributed by atoms with Crippen LogP contribution in [0.1, 0.15) is 72.3 Å². The number of aliphatic hydroxyl groups excluding tert-OH is 1. The molecule has 5 rings (SSSR count). The van der Waals surface area contributed by atoms with E-state index in [0.29, 0.717) is 31.0 Å². The molecule has 3 saturated heterocycles. The smallest absolute Gasteiger partial charge is 0.329 e. The third-order valence-electron chi connectivity index (χ3n) is 11.1. The van der Waals surface area contributed by atoms with Crippen LogP contribution < -0.4 is 21.3 Å². The van der Waals surface area contributed by atoms with Crippen LogP contribution in [-0.2, 0) is 39.9 Å². The molecule has 7 amide bonds. The molecule has 316 valence electrons. The number of benzene rings is 1. The number of allylic oxidation sites excluding steroid dienone is 4. The van der Waals surface area contributed by atoms with Crippen LogP contribution in [0, 0.1) is 17.6 Å². The highest BCUT2D eigenvalue weighted by atomic mass is 19.1. The van der Waals surface area contributed by atoms with Gasteiger partial charge in [0.25, 0.3) is 0 Å². The molecule has 9 atom stereocenters. The van der Waals surface area contributed by atoms with Crippen LogP contribution in [0.4, 0.5) is 13.6 Å². The molecular weight excluding hydrogens is 760 g/mol. The van der Waals surface area contributed by atoms with Gasteiger partial charge in [-0.25, -0.2) is 18.4 Å². The predicted molar refractivity (Wildman–Crippen MR) is 204 cm³/mol. The molecule has 1 aliphatic carbocycles.